The van der Waals surface area contributed by atoms with Gasteiger partial charge in [-0.05, 0) is 49.9 Å². The Balaban J connectivity index is 1.60. The van der Waals surface area contributed by atoms with E-state index in [1.807, 2.05) is 12.1 Å². The van der Waals surface area contributed by atoms with E-state index in [1.165, 1.54) is 18.2 Å². The molecule has 7 heteroatoms. The van der Waals surface area contributed by atoms with E-state index < -0.39 is 10.0 Å². The van der Waals surface area contributed by atoms with E-state index in [0.29, 0.717) is 11.7 Å². The van der Waals surface area contributed by atoms with E-state index in [9.17, 15) is 8.42 Å². The Bertz CT molecular complexity index is 855. The molecule has 0 unspecified atom stereocenters. The molecule has 1 fully saturated rings. The van der Waals surface area contributed by atoms with E-state index in [-0.39, 0.29) is 4.90 Å². The molecule has 0 radical (unpaired) electrons. The van der Waals surface area contributed by atoms with Gasteiger partial charge >= 0.3 is 0 Å². The molecule has 0 saturated heterocycles. The van der Waals surface area contributed by atoms with Crippen LogP contribution in [0.15, 0.2) is 35.5 Å². The predicted octanol–water partition coefficient (Wildman–Crippen LogP) is 2.40. The third-order valence-corrected chi connectivity index (χ3v) is 6.36. The van der Waals surface area contributed by atoms with Crippen LogP contribution in [0, 0.1) is 0 Å². The van der Waals surface area contributed by atoms with E-state index in [4.69, 9.17) is 0 Å². The zero-order valence-electron chi connectivity index (χ0n) is 13.8. The SMILES string of the molecule is CN1CCc2c(cccc2NS(=O)(=O)c2cnn(C3CCC3)c2)C1. The number of nitrogens with one attached hydrogen (secondary N) is 1. The number of hydrogen-bond acceptors (Lipinski definition) is 4. The summed E-state index contributed by atoms with van der Waals surface area (Å²) < 4.78 is 30.0. The zero-order chi connectivity index (χ0) is 16.7. The fourth-order valence-electron chi connectivity index (χ4n) is 3.36. The van der Waals surface area contributed by atoms with Crippen LogP contribution >= 0.6 is 0 Å². The highest BCUT2D eigenvalue weighted by molar-refractivity contribution is 7.92. The third kappa shape index (κ3) is 2.82. The number of sulfonamides is 1. The van der Waals surface area contributed by atoms with Gasteiger partial charge in [-0.1, -0.05) is 12.1 Å². The van der Waals surface area contributed by atoms with Crippen molar-refractivity contribution in [3.05, 3.63) is 41.7 Å². The van der Waals surface area contributed by atoms with Crippen LogP contribution in [-0.2, 0) is 23.0 Å². The molecule has 1 N–H and O–H groups in total. The number of nitrogens with zero attached hydrogens (tertiary/aromatic N) is 3. The van der Waals surface area contributed by atoms with Gasteiger partial charge in [-0.15, -0.1) is 0 Å². The molecule has 2 aliphatic rings. The molecule has 1 aromatic carbocycles. The Morgan fingerprint density at radius 1 is 1.29 bits per heavy atom. The van der Waals surface area contributed by atoms with Gasteiger partial charge in [0, 0.05) is 19.3 Å². The largest absolute Gasteiger partial charge is 0.302 e. The Kier molecular flexibility index (Phi) is 3.85. The maximum absolute atomic E-state index is 12.7. The van der Waals surface area contributed by atoms with Gasteiger partial charge in [0.1, 0.15) is 4.90 Å². The molecule has 2 aromatic rings. The molecule has 0 spiro atoms. The smallest absolute Gasteiger partial charge is 0.265 e. The number of benzene rings is 1. The second-order valence-corrected chi connectivity index (χ2v) is 8.46. The van der Waals surface area contributed by atoms with Crippen LogP contribution < -0.4 is 4.72 Å². The lowest BCUT2D eigenvalue weighted by molar-refractivity contribution is 0.289. The first-order chi connectivity index (χ1) is 11.5. The third-order valence-electron chi connectivity index (χ3n) is 5.04. The molecular formula is C17H22N4O2S. The zero-order valence-corrected chi connectivity index (χ0v) is 14.6. The van der Waals surface area contributed by atoms with Crippen LogP contribution in [0.1, 0.15) is 36.4 Å². The maximum atomic E-state index is 12.7. The number of likely N-dealkylation sites (N-methyl/N-ethyl adjacent to an activating group) is 1. The quantitative estimate of drug-likeness (QED) is 0.923. The molecule has 0 atom stereocenters. The average Bonchev–Trinajstić information content (AvgIpc) is 2.95. The standard InChI is InChI=1S/C17H22N4O2S/c1-20-9-8-16-13(11-20)4-2-7-17(16)19-24(22,23)15-10-18-21(12-15)14-5-3-6-14/h2,4,7,10,12,14,19H,3,5-6,8-9,11H2,1H3. The van der Waals surface area contributed by atoms with Crippen molar-refractivity contribution >= 4 is 15.7 Å². The van der Waals surface area contributed by atoms with E-state index in [0.717, 1.165) is 37.9 Å². The Hall–Kier alpha value is -1.86. The van der Waals surface area contributed by atoms with Crippen LogP contribution in [0.2, 0.25) is 0 Å². The number of anilines is 1. The van der Waals surface area contributed by atoms with Gasteiger partial charge in [0.15, 0.2) is 0 Å². The van der Waals surface area contributed by atoms with Gasteiger partial charge in [-0.25, -0.2) is 8.42 Å². The predicted molar refractivity (Wildman–Crippen MR) is 92.4 cm³/mol. The molecule has 2 heterocycles. The van der Waals surface area contributed by atoms with Gasteiger partial charge in [-0.2, -0.15) is 5.10 Å². The lowest BCUT2D eigenvalue weighted by Crippen LogP contribution is -2.27. The Morgan fingerprint density at radius 3 is 2.88 bits per heavy atom. The molecule has 128 valence electrons. The summed E-state index contributed by atoms with van der Waals surface area (Å²) in [4.78, 5) is 2.48. The van der Waals surface area contributed by atoms with Crippen LogP contribution in [0.3, 0.4) is 0 Å². The van der Waals surface area contributed by atoms with Crippen molar-refractivity contribution in [1.29, 1.82) is 0 Å². The van der Waals surface area contributed by atoms with Crippen LogP contribution in [0.4, 0.5) is 5.69 Å². The van der Waals surface area contributed by atoms with Crippen LogP contribution in [-0.4, -0.2) is 36.7 Å². The normalized spacial score (nSPS) is 18.9. The Labute approximate surface area is 142 Å². The van der Waals surface area contributed by atoms with Gasteiger partial charge in [0.05, 0.1) is 17.9 Å². The summed E-state index contributed by atoms with van der Waals surface area (Å²) in [6.07, 6.45) is 7.29. The monoisotopic (exact) mass is 346 g/mol. The fourth-order valence-corrected chi connectivity index (χ4v) is 4.39. The van der Waals surface area contributed by atoms with E-state index in [2.05, 4.69) is 27.8 Å². The highest BCUT2D eigenvalue weighted by atomic mass is 32.2. The Morgan fingerprint density at radius 2 is 2.12 bits per heavy atom. The molecule has 1 saturated carbocycles. The highest BCUT2D eigenvalue weighted by Gasteiger charge is 2.25. The topological polar surface area (TPSA) is 67.2 Å². The average molecular weight is 346 g/mol. The molecule has 1 aromatic heterocycles. The summed E-state index contributed by atoms with van der Waals surface area (Å²) in [5.41, 5.74) is 2.98. The summed E-state index contributed by atoms with van der Waals surface area (Å²) in [5, 5.41) is 4.23. The van der Waals surface area contributed by atoms with Crippen molar-refractivity contribution in [2.24, 2.45) is 0 Å². The van der Waals surface area contributed by atoms with Crippen molar-refractivity contribution in [1.82, 2.24) is 14.7 Å². The molecule has 1 aliphatic carbocycles. The van der Waals surface area contributed by atoms with Crippen LogP contribution in [0.25, 0.3) is 0 Å². The summed E-state index contributed by atoms with van der Waals surface area (Å²) in [6.45, 7) is 1.79. The van der Waals surface area contributed by atoms with Gasteiger partial charge in [0.2, 0.25) is 0 Å². The number of rotatable bonds is 4. The van der Waals surface area contributed by atoms with Crippen molar-refractivity contribution in [3.8, 4) is 0 Å². The minimum absolute atomic E-state index is 0.236. The number of aromatic nitrogens is 2. The first kappa shape index (κ1) is 15.7. The van der Waals surface area contributed by atoms with Crippen LogP contribution in [0.5, 0.6) is 0 Å². The number of fused-ring (bicyclic) bond motifs is 1. The summed E-state index contributed by atoms with van der Waals surface area (Å²) >= 11 is 0. The summed E-state index contributed by atoms with van der Waals surface area (Å²) in [6, 6.07) is 6.18. The minimum atomic E-state index is -3.60. The molecule has 6 nitrogen and oxygen atoms in total. The second-order valence-electron chi connectivity index (χ2n) is 6.78. The van der Waals surface area contributed by atoms with Gasteiger partial charge < -0.3 is 4.90 Å². The molecule has 24 heavy (non-hydrogen) atoms. The first-order valence-electron chi connectivity index (χ1n) is 8.39. The van der Waals surface area contributed by atoms with Crippen molar-refractivity contribution < 1.29 is 8.42 Å². The van der Waals surface area contributed by atoms with Crippen molar-refractivity contribution in [2.75, 3.05) is 18.3 Å². The van der Waals surface area contributed by atoms with E-state index >= 15 is 0 Å². The van der Waals surface area contributed by atoms with Gasteiger partial charge in [-0.3, -0.25) is 9.40 Å². The lowest BCUT2D eigenvalue weighted by atomic mass is 9.93. The minimum Gasteiger partial charge on any atom is -0.302 e. The summed E-state index contributed by atoms with van der Waals surface area (Å²) in [7, 11) is -1.53. The highest BCUT2D eigenvalue weighted by Crippen LogP contribution is 2.32. The van der Waals surface area contributed by atoms with E-state index in [1.54, 1.807) is 10.9 Å². The fraction of sp³-hybridized carbons (Fsp3) is 0.471. The van der Waals surface area contributed by atoms with Crippen molar-refractivity contribution in [2.45, 2.75) is 43.2 Å². The molecule has 1 aliphatic heterocycles. The molecular weight excluding hydrogens is 324 g/mol. The lowest BCUT2D eigenvalue weighted by Gasteiger charge is -2.27. The molecule has 0 bridgehead atoms. The first-order valence-corrected chi connectivity index (χ1v) is 9.87. The van der Waals surface area contributed by atoms with Crippen molar-refractivity contribution in [3.63, 3.8) is 0 Å². The summed E-state index contributed by atoms with van der Waals surface area (Å²) in [5.74, 6) is 0. The van der Waals surface area contributed by atoms with Gasteiger partial charge in [0.25, 0.3) is 10.0 Å². The number of hydrogen-bond donors (Lipinski definition) is 1. The molecule has 0 amide bonds. The second kappa shape index (κ2) is 5.89. The molecule has 4 rings (SSSR count). The maximum Gasteiger partial charge on any atom is 0.265 e.